The van der Waals surface area contributed by atoms with Crippen molar-refractivity contribution in [3.8, 4) is 6.07 Å². The maximum atomic E-state index is 12.9. The average molecular weight is 350 g/mol. The molecule has 4 heteroatoms. The number of carbonyl (C=O) groups is 2. The molecule has 2 unspecified atom stereocenters. The van der Waals surface area contributed by atoms with Crippen LogP contribution in [0.4, 0.5) is 0 Å². The molecule has 0 aromatic heterocycles. The van der Waals surface area contributed by atoms with Gasteiger partial charge in [-0.2, -0.15) is 5.26 Å². The number of nitriles is 1. The van der Waals surface area contributed by atoms with Gasteiger partial charge in [-0.15, -0.1) is 0 Å². The Morgan fingerprint density at radius 2 is 2.23 bits per heavy atom. The molecular formula is C22H26N2O2. The first-order valence-electron chi connectivity index (χ1n) is 9.79. The van der Waals surface area contributed by atoms with E-state index in [1.165, 1.54) is 16.7 Å². The molecule has 4 rings (SSSR count). The van der Waals surface area contributed by atoms with Crippen LogP contribution in [-0.2, 0) is 21.5 Å². The minimum atomic E-state index is -0.316. The minimum Gasteiger partial charge on any atom is -0.333 e. The third-order valence-electron chi connectivity index (χ3n) is 6.88. The predicted octanol–water partition coefficient (Wildman–Crippen LogP) is 3.51. The molecule has 0 radical (unpaired) electrons. The number of hydrogen-bond acceptors (Lipinski definition) is 3. The number of fused-ring (bicyclic) bond motifs is 1. The fourth-order valence-electron chi connectivity index (χ4n) is 6.04. The van der Waals surface area contributed by atoms with Crippen molar-refractivity contribution in [2.45, 2.75) is 57.9 Å². The monoisotopic (exact) mass is 350 g/mol. The molecule has 26 heavy (non-hydrogen) atoms. The van der Waals surface area contributed by atoms with Gasteiger partial charge in [0.05, 0.1) is 11.6 Å². The molecule has 2 heterocycles. The lowest BCUT2D eigenvalue weighted by atomic mass is 9.75. The summed E-state index contributed by atoms with van der Waals surface area (Å²) in [6.07, 6.45) is 3.90. The Morgan fingerprint density at radius 3 is 3.00 bits per heavy atom. The summed E-state index contributed by atoms with van der Waals surface area (Å²) in [6.45, 7) is 5.06. The van der Waals surface area contributed by atoms with Crippen LogP contribution in [0.2, 0.25) is 0 Å². The van der Waals surface area contributed by atoms with E-state index < -0.39 is 0 Å². The molecule has 1 amide bonds. The van der Waals surface area contributed by atoms with Gasteiger partial charge in [0.15, 0.2) is 0 Å². The summed E-state index contributed by atoms with van der Waals surface area (Å²) in [5, 5.41) is 8.87. The second-order valence-electron chi connectivity index (χ2n) is 8.38. The van der Waals surface area contributed by atoms with Crippen molar-refractivity contribution in [1.82, 2.24) is 4.90 Å². The SMILES string of the molecule is Cc1ccc2c(c1)CCCN1C(=O)CC3[C@H](C(=O)CCC#N)[C@@H](C)CC231. The zero-order valence-corrected chi connectivity index (χ0v) is 15.6. The Labute approximate surface area is 155 Å². The molecule has 1 spiro atoms. The van der Waals surface area contributed by atoms with Gasteiger partial charge < -0.3 is 4.90 Å². The van der Waals surface area contributed by atoms with Crippen LogP contribution in [0.3, 0.4) is 0 Å². The fraction of sp³-hybridized carbons (Fsp3) is 0.591. The number of rotatable bonds is 3. The summed E-state index contributed by atoms with van der Waals surface area (Å²) in [4.78, 5) is 27.9. The summed E-state index contributed by atoms with van der Waals surface area (Å²) < 4.78 is 0. The molecule has 4 nitrogen and oxygen atoms in total. The van der Waals surface area contributed by atoms with E-state index in [1.807, 2.05) is 0 Å². The van der Waals surface area contributed by atoms with Crippen molar-refractivity contribution < 1.29 is 9.59 Å². The van der Waals surface area contributed by atoms with E-state index in [2.05, 4.69) is 43.0 Å². The molecule has 0 N–H and O–H groups in total. The van der Waals surface area contributed by atoms with Gasteiger partial charge in [0.2, 0.25) is 5.91 Å². The van der Waals surface area contributed by atoms with Crippen LogP contribution in [0.1, 0.15) is 55.7 Å². The van der Waals surface area contributed by atoms with E-state index >= 15 is 0 Å². The second-order valence-corrected chi connectivity index (χ2v) is 8.38. The first kappa shape index (κ1) is 17.3. The Morgan fingerprint density at radius 1 is 1.42 bits per heavy atom. The lowest BCUT2D eigenvalue weighted by Crippen LogP contribution is -2.45. The van der Waals surface area contributed by atoms with E-state index in [0.29, 0.717) is 12.8 Å². The quantitative estimate of drug-likeness (QED) is 0.838. The lowest BCUT2D eigenvalue weighted by molar-refractivity contribution is -0.131. The number of nitrogens with zero attached hydrogens (tertiary/aromatic N) is 2. The molecular weight excluding hydrogens is 324 g/mol. The Balaban J connectivity index is 1.83. The number of amides is 1. The van der Waals surface area contributed by atoms with Crippen molar-refractivity contribution in [2.24, 2.45) is 17.8 Å². The largest absolute Gasteiger partial charge is 0.333 e. The molecule has 4 atom stereocenters. The Kier molecular flexibility index (Phi) is 4.14. The standard InChI is InChI=1S/C22H26N2O2/c1-14-7-8-17-16(11-14)5-4-10-24-20(26)12-18-21(19(25)6-3-9-23)15(2)13-22(17,18)24/h7-8,11,15,18,21H,3-6,10,12-13H2,1-2H3/t15-,18?,21+,22?/m0/s1. The van der Waals surface area contributed by atoms with E-state index in [1.54, 1.807) is 0 Å². The third-order valence-corrected chi connectivity index (χ3v) is 6.88. The van der Waals surface area contributed by atoms with Crippen LogP contribution < -0.4 is 0 Å². The fourth-order valence-corrected chi connectivity index (χ4v) is 6.04. The van der Waals surface area contributed by atoms with Gasteiger partial charge in [-0.3, -0.25) is 9.59 Å². The minimum absolute atomic E-state index is 0.0516. The second kappa shape index (κ2) is 6.23. The third kappa shape index (κ3) is 2.33. The van der Waals surface area contributed by atoms with Crippen molar-refractivity contribution >= 4 is 11.7 Å². The van der Waals surface area contributed by atoms with Crippen LogP contribution >= 0.6 is 0 Å². The van der Waals surface area contributed by atoms with Gasteiger partial charge in [-0.05, 0) is 43.2 Å². The predicted molar refractivity (Wildman–Crippen MR) is 98.1 cm³/mol. The van der Waals surface area contributed by atoms with Crippen LogP contribution in [0.5, 0.6) is 0 Å². The van der Waals surface area contributed by atoms with Crippen LogP contribution in [0.15, 0.2) is 18.2 Å². The normalized spacial score (nSPS) is 32.4. The highest BCUT2D eigenvalue weighted by atomic mass is 16.2. The molecule has 1 saturated heterocycles. The first-order valence-corrected chi connectivity index (χ1v) is 9.79. The highest BCUT2D eigenvalue weighted by Crippen LogP contribution is 2.60. The molecule has 2 aliphatic heterocycles. The topological polar surface area (TPSA) is 61.2 Å². The number of Topliss-reactive ketones (excluding diaryl/α,β-unsaturated/α-hetero) is 1. The Hall–Kier alpha value is -2.15. The highest BCUT2D eigenvalue weighted by molar-refractivity contribution is 5.87. The van der Waals surface area contributed by atoms with E-state index in [0.717, 1.165) is 25.8 Å². The maximum absolute atomic E-state index is 12.9. The summed E-state index contributed by atoms with van der Waals surface area (Å²) in [7, 11) is 0. The summed E-state index contributed by atoms with van der Waals surface area (Å²) in [5.74, 6) is 0.566. The van der Waals surface area contributed by atoms with E-state index in [-0.39, 0.29) is 41.4 Å². The summed E-state index contributed by atoms with van der Waals surface area (Å²) >= 11 is 0. The smallest absolute Gasteiger partial charge is 0.223 e. The summed E-state index contributed by atoms with van der Waals surface area (Å²) in [6, 6.07) is 8.72. The molecule has 3 aliphatic rings. The lowest BCUT2D eigenvalue weighted by Gasteiger charge is -2.39. The van der Waals surface area contributed by atoms with Gasteiger partial charge >= 0.3 is 0 Å². The van der Waals surface area contributed by atoms with Gasteiger partial charge in [0.25, 0.3) is 0 Å². The Bertz CT molecular complexity index is 809. The van der Waals surface area contributed by atoms with Crippen LogP contribution in [-0.4, -0.2) is 23.1 Å². The highest BCUT2D eigenvalue weighted by Gasteiger charge is 2.63. The van der Waals surface area contributed by atoms with Crippen molar-refractivity contribution in [2.75, 3.05) is 6.54 Å². The molecule has 1 aliphatic carbocycles. The number of ketones is 1. The maximum Gasteiger partial charge on any atom is 0.223 e. The number of carbonyl (C=O) groups excluding carboxylic acids is 2. The molecule has 2 fully saturated rings. The van der Waals surface area contributed by atoms with Crippen molar-refractivity contribution in [3.05, 3.63) is 34.9 Å². The molecule has 136 valence electrons. The van der Waals surface area contributed by atoms with Gasteiger partial charge in [-0.25, -0.2) is 0 Å². The molecule has 1 aromatic rings. The number of hydrogen-bond donors (Lipinski definition) is 0. The van der Waals surface area contributed by atoms with Crippen LogP contribution in [0.25, 0.3) is 0 Å². The zero-order valence-electron chi connectivity index (χ0n) is 15.6. The van der Waals surface area contributed by atoms with Gasteiger partial charge in [0, 0.05) is 37.6 Å². The molecule has 1 aromatic carbocycles. The van der Waals surface area contributed by atoms with E-state index in [9.17, 15) is 9.59 Å². The van der Waals surface area contributed by atoms with Gasteiger partial charge in [-0.1, -0.05) is 30.7 Å². The van der Waals surface area contributed by atoms with Crippen molar-refractivity contribution in [3.63, 3.8) is 0 Å². The van der Waals surface area contributed by atoms with Crippen molar-refractivity contribution in [1.29, 1.82) is 5.26 Å². The first-order chi connectivity index (χ1) is 12.5. The van der Waals surface area contributed by atoms with E-state index in [4.69, 9.17) is 5.26 Å². The summed E-state index contributed by atoms with van der Waals surface area (Å²) in [5.41, 5.74) is 3.56. The molecule has 0 bridgehead atoms. The van der Waals surface area contributed by atoms with Gasteiger partial charge in [0.1, 0.15) is 5.78 Å². The van der Waals surface area contributed by atoms with Crippen LogP contribution in [0, 0.1) is 36.0 Å². The zero-order chi connectivity index (χ0) is 18.5. The average Bonchev–Trinajstić information content (AvgIpc) is 2.95. The molecule has 1 saturated carbocycles. The number of benzene rings is 1. The number of aryl methyl sites for hydroxylation is 2.